The first-order chi connectivity index (χ1) is 11.2. The fraction of sp³-hybridized carbons (Fsp3) is 0.625. The molecule has 0 unspecified atom stereocenters. The van der Waals surface area contributed by atoms with Gasteiger partial charge in [0.1, 0.15) is 12.1 Å². The molecular weight excluding hydrogens is 292 g/mol. The lowest BCUT2D eigenvalue weighted by molar-refractivity contribution is -0.129. The maximum absolute atomic E-state index is 11.9. The van der Waals surface area contributed by atoms with E-state index in [9.17, 15) is 4.79 Å². The Morgan fingerprint density at radius 2 is 1.96 bits per heavy atom. The molecule has 0 radical (unpaired) electrons. The van der Waals surface area contributed by atoms with Crippen LogP contribution in [0.1, 0.15) is 32.6 Å². The first kappa shape index (κ1) is 14.4. The molecule has 1 amide bonds. The van der Waals surface area contributed by atoms with Crippen LogP contribution in [0.5, 0.6) is 0 Å². The lowest BCUT2D eigenvalue weighted by Crippen LogP contribution is -2.48. The van der Waals surface area contributed by atoms with Crippen LogP contribution in [0, 0.1) is 0 Å². The first-order valence-electron chi connectivity index (χ1n) is 8.33. The van der Waals surface area contributed by atoms with Gasteiger partial charge >= 0.3 is 0 Å². The lowest BCUT2D eigenvalue weighted by atomic mass is 10.0. The summed E-state index contributed by atoms with van der Waals surface area (Å²) in [6.07, 6.45) is 7.89. The molecule has 2 atom stereocenters. The molecule has 0 aliphatic carbocycles. The number of fused-ring (bicyclic) bond motifs is 1. The van der Waals surface area contributed by atoms with Crippen molar-refractivity contribution in [3.63, 3.8) is 0 Å². The molecule has 2 aliphatic rings. The van der Waals surface area contributed by atoms with Crippen molar-refractivity contribution >= 4 is 22.8 Å². The monoisotopic (exact) mass is 314 g/mol. The molecule has 2 aliphatic heterocycles. The largest absolute Gasteiger partial charge is 0.351 e. The first-order valence-corrected chi connectivity index (χ1v) is 8.33. The molecule has 23 heavy (non-hydrogen) atoms. The van der Waals surface area contributed by atoms with Crippen LogP contribution in [-0.4, -0.2) is 55.7 Å². The van der Waals surface area contributed by atoms with Crippen LogP contribution in [-0.2, 0) is 11.8 Å². The van der Waals surface area contributed by atoms with Gasteiger partial charge in [-0.15, -0.1) is 0 Å². The van der Waals surface area contributed by atoms with Gasteiger partial charge < -0.3 is 9.80 Å². The van der Waals surface area contributed by atoms with E-state index in [4.69, 9.17) is 0 Å². The van der Waals surface area contributed by atoms with Gasteiger partial charge in [0.05, 0.1) is 23.7 Å². The van der Waals surface area contributed by atoms with E-state index in [2.05, 4.69) is 20.0 Å². The highest BCUT2D eigenvalue weighted by molar-refractivity contribution is 5.87. The molecular formula is C16H22N6O. The second-order valence-electron chi connectivity index (χ2n) is 6.53. The number of likely N-dealkylation sites (tertiary alicyclic amines) is 1. The maximum Gasteiger partial charge on any atom is 0.219 e. The molecule has 4 rings (SSSR count). The van der Waals surface area contributed by atoms with E-state index < -0.39 is 0 Å². The molecule has 122 valence electrons. The molecule has 0 aromatic carbocycles. The summed E-state index contributed by atoms with van der Waals surface area (Å²) in [5.41, 5.74) is 0.857. The van der Waals surface area contributed by atoms with Gasteiger partial charge in [0, 0.05) is 27.1 Å². The number of carbonyl (C=O) groups excluding carboxylic acids is 1. The van der Waals surface area contributed by atoms with Crippen LogP contribution in [0.4, 0.5) is 5.82 Å². The number of amides is 1. The highest BCUT2D eigenvalue weighted by atomic mass is 16.2. The van der Waals surface area contributed by atoms with E-state index in [1.54, 1.807) is 17.9 Å². The van der Waals surface area contributed by atoms with Crippen LogP contribution in [0.25, 0.3) is 11.0 Å². The molecule has 7 nitrogen and oxygen atoms in total. The highest BCUT2D eigenvalue weighted by Gasteiger charge is 2.39. The van der Waals surface area contributed by atoms with Crippen molar-refractivity contribution in [2.45, 2.75) is 44.7 Å². The third kappa shape index (κ3) is 2.26. The minimum absolute atomic E-state index is 0.188. The van der Waals surface area contributed by atoms with Crippen molar-refractivity contribution in [3.05, 3.63) is 12.5 Å². The standard InChI is InChI=1S/C16H22N6O/c1-11(23)21-7-3-5-13(21)14-6-4-8-22(14)16-12-9-19-20(2)15(12)17-10-18-16/h9-10,13-14H,3-8H2,1-2H3/t13-,14-/m1/s1. The topological polar surface area (TPSA) is 67.2 Å². The summed E-state index contributed by atoms with van der Waals surface area (Å²) >= 11 is 0. The third-order valence-electron chi connectivity index (χ3n) is 5.23. The van der Waals surface area contributed by atoms with Crippen LogP contribution < -0.4 is 4.90 Å². The Morgan fingerprint density at radius 1 is 1.17 bits per heavy atom. The van der Waals surface area contributed by atoms with Crippen molar-refractivity contribution in [2.75, 3.05) is 18.0 Å². The Kier molecular flexibility index (Phi) is 3.43. The van der Waals surface area contributed by atoms with Gasteiger partial charge in [-0.25, -0.2) is 9.97 Å². The van der Waals surface area contributed by atoms with Crippen LogP contribution in [0.2, 0.25) is 0 Å². The number of nitrogens with zero attached hydrogens (tertiary/aromatic N) is 6. The van der Waals surface area contributed by atoms with Gasteiger partial charge in [0.2, 0.25) is 5.91 Å². The smallest absolute Gasteiger partial charge is 0.219 e. The molecule has 4 heterocycles. The second-order valence-corrected chi connectivity index (χ2v) is 6.53. The second kappa shape index (κ2) is 5.47. The lowest BCUT2D eigenvalue weighted by Gasteiger charge is -2.35. The zero-order valence-electron chi connectivity index (χ0n) is 13.6. The highest BCUT2D eigenvalue weighted by Crippen LogP contribution is 2.35. The van der Waals surface area contributed by atoms with Crippen molar-refractivity contribution in [3.8, 4) is 0 Å². The van der Waals surface area contributed by atoms with E-state index in [1.807, 2.05) is 18.1 Å². The maximum atomic E-state index is 11.9. The molecule has 0 spiro atoms. The predicted molar refractivity (Wildman–Crippen MR) is 87.1 cm³/mol. The minimum atomic E-state index is 0.188. The number of hydrogen-bond donors (Lipinski definition) is 0. The van der Waals surface area contributed by atoms with Gasteiger partial charge in [-0.1, -0.05) is 0 Å². The third-order valence-corrected chi connectivity index (χ3v) is 5.23. The summed E-state index contributed by atoms with van der Waals surface area (Å²) in [6.45, 7) is 3.55. The number of aryl methyl sites for hydroxylation is 1. The Morgan fingerprint density at radius 3 is 2.78 bits per heavy atom. The van der Waals surface area contributed by atoms with Crippen molar-refractivity contribution in [1.82, 2.24) is 24.6 Å². The summed E-state index contributed by atoms with van der Waals surface area (Å²) in [5.74, 6) is 1.15. The summed E-state index contributed by atoms with van der Waals surface area (Å²) in [5, 5.41) is 5.31. The number of hydrogen-bond acceptors (Lipinski definition) is 5. The Hall–Kier alpha value is -2.18. The van der Waals surface area contributed by atoms with Crippen molar-refractivity contribution in [1.29, 1.82) is 0 Å². The van der Waals surface area contributed by atoms with Crippen LogP contribution in [0.15, 0.2) is 12.5 Å². The summed E-state index contributed by atoms with van der Waals surface area (Å²) in [6, 6.07) is 0.649. The SMILES string of the molecule is CC(=O)N1CCC[C@@H]1[C@H]1CCCN1c1ncnc2c1cnn2C. The Labute approximate surface area is 135 Å². The normalized spacial score (nSPS) is 24.8. The van der Waals surface area contributed by atoms with Crippen LogP contribution >= 0.6 is 0 Å². The number of anilines is 1. The number of carbonyl (C=O) groups is 1. The van der Waals surface area contributed by atoms with Crippen LogP contribution in [0.3, 0.4) is 0 Å². The predicted octanol–water partition coefficient (Wildman–Crippen LogP) is 1.34. The van der Waals surface area contributed by atoms with E-state index in [1.165, 1.54) is 0 Å². The van der Waals surface area contributed by atoms with E-state index in [0.717, 1.165) is 55.6 Å². The summed E-state index contributed by atoms with van der Waals surface area (Å²) in [4.78, 5) is 25.2. The molecule has 2 fully saturated rings. The fourth-order valence-corrected chi connectivity index (χ4v) is 4.22. The van der Waals surface area contributed by atoms with Gasteiger partial charge in [0.25, 0.3) is 0 Å². The Balaban J connectivity index is 1.71. The molecule has 7 heteroatoms. The number of rotatable bonds is 2. The van der Waals surface area contributed by atoms with E-state index in [0.29, 0.717) is 12.1 Å². The molecule has 2 aromatic heterocycles. The Bertz CT molecular complexity index is 741. The van der Waals surface area contributed by atoms with Gasteiger partial charge in [-0.05, 0) is 25.7 Å². The van der Waals surface area contributed by atoms with Crippen molar-refractivity contribution < 1.29 is 4.79 Å². The average Bonchev–Trinajstić information content (AvgIpc) is 3.25. The quantitative estimate of drug-likeness (QED) is 0.837. The fourth-order valence-electron chi connectivity index (χ4n) is 4.22. The van der Waals surface area contributed by atoms with Gasteiger partial charge in [-0.3, -0.25) is 9.48 Å². The summed E-state index contributed by atoms with van der Waals surface area (Å²) < 4.78 is 1.78. The zero-order chi connectivity index (χ0) is 16.0. The van der Waals surface area contributed by atoms with Crippen molar-refractivity contribution in [2.24, 2.45) is 7.05 Å². The zero-order valence-corrected chi connectivity index (χ0v) is 13.6. The molecule has 0 N–H and O–H groups in total. The molecule has 0 saturated carbocycles. The van der Waals surface area contributed by atoms with E-state index in [-0.39, 0.29) is 5.91 Å². The van der Waals surface area contributed by atoms with Gasteiger partial charge in [-0.2, -0.15) is 5.10 Å². The van der Waals surface area contributed by atoms with E-state index >= 15 is 0 Å². The van der Waals surface area contributed by atoms with Gasteiger partial charge in [0.15, 0.2) is 5.65 Å². The molecule has 2 aromatic rings. The summed E-state index contributed by atoms with van der Waals surface area (Å²) in [7, 11) is 1.90. The minimum Gasteiger partial charge on any atom is -0.351 e. The molecule has 2 saturated heterocycles. The average molecular weight is 314 g/mol. The molecule has 0 bridgehead atoms. The number of aromatic nitrogens is 4.